The third kappa shape index (κ3) is 5.42. The number of fused-ring (bicyclic) bond motifs is 12. The van der Waals surface area contributed by atoms with Gasteiger partial charge in [0.15, 0.2) is 5.84 Å². The number of aliphatic imine (C=N–C) groups is 2. The standard InChI is InChI=1S/C60H40N4O2/c1-60(2)48-21-11-9-18-40(48)46-33-47-41-19-10-12-22-50(41)64(51(47)34-49(46)60)39-26-29-43-42-27-24-37(30-53(42)66-55(43)32-39)38-25-28-44-54(31-38)65-52-23-13-20-45(56(44)52)59-62-57(35-14-5-3-6-15-35)61-58(63-59)36-16-7-4-8-17-36/h3-34,59H,1-2H3,(H,61,62,63). The minimum atomic E-state index is -0.381. The number of amidine groups is 2. The fourth-order valence-corrected chi connectivity index (χ4v) is 10.9. The topological polar surface area (TPSA) is 68.0 Å². The molecule has 0 saturated heterocycles. The summed E-state index contributed by atoms with van der Waals surface area (Å²) in [4.78, 5) is 10.2. The molecule has 4 heterocycles. The monoisotopic (exact) mass is 848 g/mol. The highest BCUT2D eigenvalue weighted by atomic mass is 16.3. The van der Waals surface area contributed by atoms with Gasteiger partial charge in [-0.15, -0.1) is 0 Å². The second-order valence-electron chi connectivity index (χ2n) is 18.2. The van der Waals surface area contributed by atoms with E-state index in [4.69, 9.17) is 18.8 Å². The van der Waals surface area contributed by atoms with E-state index in [2.05, 4.69) is 169 Å². The average molecular weight is 849 g/mol. The molecule has 14 rings (SSSR count). The average Bonchev–Trinajstić information content (AvgIpc) is 4.09. The van der Waals surface area contributed by atoms with Crippen LogP contribution in [0.1, 0.15) is 47.8 Å². The Kier molecular flexibility index (Phi) is 7.70. The number of nitrogens with zero attached hydrogens (tertiary/aromatic N) is 3. The van der Waals surface area contributed by atoms with E-state index in [0.29, 0.717) is 5.84 Å². The molecule has 6 heteroatoms. The summed E-state index contributed by atoms with van der Waals surface area (Å²) in [6, 6.07) is 68.7. The largest absolute Gasteiger partial charge is 0.456 e. The lowest BCUT2D eigenvalue weighted by atomic mass is 9.82. The molecule has 2 aliphatic rings. The number of furan rings is 2. The fraction of sp³-hybridized carbons (Fsp3) is 0.0667. The van der Waals surface area contributed by atoms with Crippen molar-refractivity contribution in [3.8, 4) is 27.9 Å². The minimum absolute atomic E-state index is 0.0999. The molecule has 1 atom stereocenters. The third-order valence-electron chi connectivity index (χ3n) is 14.1. The van der Waals surface area contributed by atoms with E-state index in [-0.39, 0.29) is 11.6 Å². The van der Waals surface area contributed by atoms with Crippen molar-refractivity contribution in [2.75, 3.05) is 0 Å². The molecule has 312 valence electrons. The Labute approximate surface area is 379 Å². The lowest BCUT2D eigenvalue weighted by Crippen LogP contribution is -2.33. The van der Waals surface area contributed by atoms with Crippen molar-refractivity contribution in [2.45, 2.75) is 25.4 Å². The maximum absolute atomic E-state index is 6.76. The molecule has 0 bridgehead atoms. The Bertz CT molecular complexity index is 4050. The maximum Gasteiger partial charge on any atom is 0.159 e. The summed E-state index contributed by atoms with van der Waals surface area (Å²) in [6.45, 7) is 4.69. The number of hydrogen-bond acceptors (Lipinski definition) is 5. The predicted molar refractivity (Wildman–Crippen MR) is 270 cm³/mol. The van der Waals surface area contributed by atoms with Crippen molar-refractivity contribution in [1.29, 1.82) is 0 Å². The second-order valence-corrected chi connectivity index (χ2v) is 18.2. The molecule has 1 aliphatic carbocycles. The van der Waals surface area contributed by atoms with Crippen LogP contribution in [0.25, 0.3) is 93.6 Å². The van der Waals surface area contributed by atoms with Crippen LogP contribution in [0.15, 0.2) is 213 Å². The van der Waals surface area contributed by atoms with E-state index in [1.165, 1.54) is 44.1 Å². The predicted octanol–water partition coefficient (Wildman–Crippen LogP) is 15.1. The highest BCUT2D eigenvalue weighted by Crippen LogP contribution is 2.51. The van der Waals surface area contributed by atoms with E-state index in [0.717, 1.165) is 83.2 Å². The van der Waals surface area contributed by atoms with Crippen molar-refractivity contribution in [3.63, 3.8) is 0 Å². The summed E-state index contributed by atoms with van der Waals surface area (Å²) in [6.07, 6.45) is -0.381. The van der Waals surface area contributed by atoms with Gasteiger partial charge in [-0.25, -0.2) is 9.98 Å². The summed E-state index contributed by atoms with van der Waals surface area (Å²) in [5.41, 5.74) is 17.2. The van der Waals surface area contributed by atoms with E-state index in [1.807, 2.05) is 48.5 Å². The van der Waals surface area contributed by atoms with Gasteiger partial charge in [0, 0.05) is 66.2 Å². The molecular weight excluding hydrogens is 809 g/mol. The summed E-state index contributed by atoms with van der Waals surface area (Å²) in [5, 5.41) is 10.4. The van der Waals surface area contributed by atoms with Gasteiger partial charge in [-0.3, -0.25) is 0 Å². The van der Waals surface area contributed by atoms with E-state index < -0.39 is 0 Å². The molecule has 0 fully saturated rings. The molecule has 1 aliphatic heterocycles. The molecule has 66 heavy (non-hydrogen) atoms. The summed E-state index contributed by atoms with van der Waals surface area (Å²) >= 11 is 0. The molecule has 0 saturated carbocycles. The molecule has 0 amide bonds. The SMILES string of the molecule is CC1(C)c2ccccc2-c2cc3c4ccccc4n(-c4ccc5c(c4)oc4cc(-c6ccc7c(c6)oc6cccc(C8N=C(c9ccccc9)N=C(c9ccccc9)N8)c67)ccc45)c3cc21. The van der Waals surface area contributed by atoms with Crippen LogP contribution in [0.3, 0.4) is 0 Å². The normalized spacial score (nSPS) is 15.4. The van der Waals surface area contributed by atoms with E-state index >= 15 is 0 Å². The van der Waals surface area contributed by atoms with Crippen molar-refractivity contribution in [1.82, 2.24) is 9.88 Å². The molecule has 12 aromatic rings. The Morgan fingerprint density at radius 3 is 1.95 bits per heavy atom. The van der Waals surface area contributed by atoms with Gasteiger partial charge in [-0.2, -0.15) is 0 Å². The molecule has 0 radical (unpaired) electrons. The highest BCUT2D eigenvalue weighted by molar-refractivity contribution is 6.15. The molecule has 6 nitrogen and oxygen atoms in total. The number of rotatable bonds is 5. The Balaban J connectivity index is 0.843. The van der Waals surface area contributed by atoms with Gasteiger partial charge in [0.05, 0.1) is 11.0 Å². The maximum atomic E-state index is 6.76. The first-order valence-corrected chi connectivity index (χ1v) is 22.6. The lowest BCUT2D eigenvalue weighted by Gasteiger charge is -2.24. The summed E-state index contributed by atoms with van der Waals surface area (Å²) in [5.74, 6) is 1.47. The zero-order valence-electron chi connectivity index (χ0n) is 36.2. The molecular formula is C60H40N4O2. The van der Waals surface area contributed by atoms with Crippen LogP contribution >= 0.6 is 0 Å². The van der Waals surface area contributed by atoms with Gasteiger partial charge in [-0.05, 0) is 94.0 Å². The van der Waals surface area contributed by atoms with Crippen LogP contribution in [-0.4, -0.2) is 16.2 Å². The van der Waals surface area contributed by atoms with Gasteiger partial charge in [0.1, 0.15) is 34.3 Å². The number of hydrogen-bond donors (Lipinski definition) is 1. The first-order valence-electron chi connectivity index (χ1n) is 22.6. The zero-order valence-corrected chi connectivity index (χ0v) is 36.2. The third-order valence-corrected chi connectivity index (χ3v) is 14.1. The van der Waals surface area contributed by atoms with Gasteiger partial charge >= 0.3 is 0 Å². The van der Waals surface area contributed by atoms with Crippen LogP contribution in [0.5, 0.6) is 0 Å². The lowest BCUT2D eigenvalue weighted by molar-refractivity contribution is 0.661. The molecule has 1 unspecified atom stereocenters. The van der Waals surface area contributed by atoms with E-state index in [1.54, 1.807) is 0 Å². The quantitative estimate of drug-likeness (QED) is 0.188. The molecule has 3 aromatic heterocycles. The fourth-order valence-electron chi connectivity index (χ4n) is 10.9. The second kappa shape index (κ2) is 13.8. The molecule has 1 N–H and O–H groups in total. The highest BCUT2D eigenvalue weighted by Gasteiger charge is 2.36. The van der Waals surface area contributed by atoms with Crippen LogP contribution < -0.4 is 5.32 Å². The van der Waals surface area contributed by atoms with Gasteiger partial charge < -0.3 is 18.7 Å². The Hall–Kier alpha value is -8.48. The summed E-state index contributed by atoms with van der Waals surface area (Å²) < 4.78 is 15.8. The van der Waals surface area contributed by atoms with Crippen LogP contribution in [-0.2, 0) is 5.41 Å². The van der Waals surface area contributed by atoms with Crippen molar-refractivity contribution in [3.05, 3.63) is 222 Å². The summed E-state index contributed by atoms with van der Waals surface area (Å²) in [7, 11) is 0. The number of para-hydroxylation sites is 1. The van der Waals surface area contributed by atoms with Gasteiger partial charge in [0.25, 0.3) is 0 Å². The number of benzene rings is 9. The Morgan fingerprint density at radius 2 is 1.14 bits per heavy atom. The number of nitrogens with one attached hydrogen (secondary N) is 1. The molecule has 9 aromatic carbocycles. The van der Waals surface area contributed by atoms with Crippen LogP contribution in [0, 0.1) is 0 Å². The molecule has 0 spiro atoms. The van der Waals surface area contributed by atoms with Gasteiger partial charge in [-0.1, -0.05) is 141 Å². The minimum Gasteiger partial charge on any atom is -0.456 e. The zero-order chi connectivity index (χ0) is 43.7. The first kappa shape index (κ1) is 36.9. The first-order chi connectivity index (χ1) is 32.4. The van der Waals surface area contributed by atoms with Crippen LogP contribution in [0.4, 0.5) is 0 Å². The number of aromatic nitrogens is 1. The Morgan fingerprint density at radius 1 is 0.470 bits per heavy atom. The van der Waals surface area contributed by atoms with Crippen molar-refractivity contribution < 1.29 is 8.83 Å². The van der Waals surface area contributed by atoms with Crippen molar-refractivity contribution in [2.24, 2.45) is 9.98 Å². The van der Waals surface area contributed by atoms with Crippen LogP contribution in [0.2, 0.25) is 0 Å². The van der Waals surface area contributed by atoms with E-state index in [9.17, 15) is 0 Å². The van der Waals surface area contributed by atoms with Crippen molar-refractivity contribution >= 4 is 77.4 Å². The smallest absolute Gasteiger partial charge is 0.159 e. The van der Waals surface area contributed by atoms with Gasteiger partial charge in [0.2, 0.25) is 0 Å².